The highest BCUT2D eigenvalue weighted by Crippen LogP contribution is 2.35. The van der Waals surface area contributed by atoms with Crippen LogP contribution in [0.2, 0.25) is 0 Å². The van der Waals surface area contributed by atoms with Crippen molar-refractivity contribution in [1.82, 2.24) is 5.32 Å². The Labute approximate surface area is 142 Å². The van der Waals surface area contributed by atoms with Crippen molar-refractivity contribution in [3.8, 4) is 0 Å². The first-order valence-corrected chi connectivity index (χ1v) is 7.91. The predicted molar refractivity (Wildman–Crippen MR) is 95.9 cm³/mol. The predicted octanol–water partition coefficient (Wildman–Crippen LogP) is 3.14. The van der Waals surface area contributed by atoms with E-state index in [0.29, 0.717) is 5.56 Å². The summed E-state index contributed by atoms with van der Waals surface area (Å²) in [5.74, 6) is -0.635. The number of anilines is 1. The average molecular weight is 328 g/mol. The second-order valence-corrected chi connectivity index (χ2v) is 6.55. The number of esters is 1. The molecule has 1 aliphatic rings. The Kier molecular flexibility index (Phi) is 5.12. The molecule has 5 heteroatoms. The van der Waals surface area contributed by atoms with E-state index in [0.717, 1.165) is 16.8 Å². The molecule has 0 saturated carbocycles. The minimum absolute atomic E-state index is 0.188. The fourth-order valence-corrected chi connectivity index (χ4v) is 2.81. The molecule has 0 unspecified atom stereocenters. The van der Waals surface area contributed by atoms with Crippen molar-refractivity contribution in [3.63, 3.8) is 0 Å². The van der Waals surface area contributed by atoms with Crippen molar-refractivity contribution in [3.05, 3.63) is 47.6 Å². The van der Waals surface area contributed by atoms with Crippen LogP contribution >= 0.6 is 0 Å². The Morgan fingerprint density at radius 3 is 2.71 bits per heavy atom. The number of allylic oxidation sites excluding steroid dienone is 1. The van der Waals surface area contributed by atoms with Crippen molar-refractivity contribution in [1.29, 1.82) is 0 Å². The normalized spacial score (nSPS) is 16.6. The van der Waals surface area contributed by atoms with E-state index in [1.165, 1.54) is 13.2 Å². The number of rotatable bonds is 4. The number of methoxy groups -OCH3 is 1. The number of para-hydroxylation sites is 1. The van der Waals surface area contributed by atoms with Crippen molar-refractivity contribution >= 4 is 23.1 Å². The third-order valence-corrected chi connectivity index (χ3v) is 3.84. The fraction of sp³-hybridized carbons (Fsp3) is 0.368. The molecule has 1 aromatic carbocycles. The highest BCUT2D eigenvalue weighted by atomic mass is 16.5. The topological polar surface area (TPSA) is 67.4 Å². The molecule has 0 fully saturated rings. The molecule has 1 atom stereocenters. The van der Waals surface area contributed by atoms with Crippen LogP contribution < -0.4 is 10.6 Å². The lowest BCUT2D eigenvalue weighted by molar-refractivity contribution is -0.134. The first-order valence-electron chi connectivity index (χ1n) is 7.91. The van der Waals surface area contributed by atoms with Crippen LogP contribution in [-0.2, 0) is 9.53 Å². The molecule has 2 N–H and O–H groups in total. The van der Waals surface area contributed by atoms with Gasteiger partial charge in [-0.25, -0.2) is 4.79 Å². The third kappa shape index (κ3) is 4.04. The minimum atomic E-state index is -0.447. The van der Waals surface area contributed by atoms with Gasteiger partial charge in [-0.1, -0.05) is 24.3 Å². The summed E-state index contributed by atoms with van der Waals surface area (Å²) in [5.41, 5.74) is 3.38. The maximum absolute atomic E-state index is 12.6. The van der Waals surface area contributed by atoms with Crippen molar-refractivity contribution in [2.24, 2.45) is 0 Å². The molecule has 0 bridgehead atoms. The molecular weight excluding hydrogens is 304 g/mol. The molecule has 0 aromatic heterocycles. The van der Waals surface area contributed by atoms with Gasteiger partial charge in [0.2, 0.25) is 0 Å². The van der Waals surface area contributed by atoms with Gasteiger partial charge < -0.3 is 15.4 Å². The van der Waals surface area contributed by atoms with Crippen LogP contribution in [0.4, 0.5) is 5.69 Å². The second-order valence-electron chi connectivity index (χ2n) is 6.55. The molecule has 1 amide bonds. The quantitative estimate of drug-likeness (QED) is 0.658. The third-order valence-electron chi connectivity index (χ3n) is 3.84. The maximum atomic E-state index is 12.6. The summed E-state index contributed by atoms with van der Waals surface area (Å²) in [7, 11) is 1.31. The molecule has 2 rings (SSSR count). The van der Waals surface area contributed by atoms with E-state index >= 15 is 0 Å². The van der Waals surface area contributed by atoms with E-state index in [1.807, 2.05) is 19.1 Å². The Morgan fingerprint density at radius 1 is 1.33 bits per heavy atom. The van der Waals surface area contributed by atoms with Crippen LogP contribution in [0.1, 0.15) is 43.6 Å². The van der Waals surface area contributed by atoms with Gasteiger partial charge >= 0.3 is 5.97 Å². The largest absolute Gasteiger partial charge is 0.466 e. The lowest BCUT2D eigenvalue weighted by atomic mass is 9.89. The molecule has 0 saturated heterocycles. The highest BCUT2D eigenvalue weighted by molar-refractivity contribution is 6.03. The lowest BCUT2D eigenvalue weighted by Crippen LogP contribution is -2.36. The first kappa shape index (κ1) is 17.8. The summed E-state index contributed by atoms with van der Waals surface area (Å²) < 4.78 is 4.54. The standard InChI is InChI=1S/C19H24N2O3/c1-12-11-19(3,4)21-17-14(12)7-6-8-15(17)18(23)20-13(2)9-10-16(22)24-5/h6-11,13,21H,1-5H3,(H,20,23)/b10-9+/t13-/m0/s1. The molecule has 128 valence electrons. The summed E-state index contributed by atoms with van der Waals surface area (Å²) in [6.07, 6.45) is 5.06. The van der Waals surface area contributed by atoms with Gasteiger partial charge in [0, 0.05) is 17.7 Å². The van der Waals surface area contributed by atoms with Crippen LogP contribution in [0.25, 0.3) is 5.57 Å². The summed E-state index contributed by atoms with van der Waals surface area (Å²) in [6, 6.07) is 5.38. The SMILES string of the molecule is COC(=O)/C=C/[C@H](C)NC(=O)c1cccc2c1NC(C)(C)C=C2C. The van der Waals surface area contributed by atoms with Gasteiger partial charge in [-0.2, -0.15) is 0 Å². The molecule has 5 nitrogen and oxygen atoms in total. The Balaban J connectivity index is 2.23. The smallest absolute Gasteiger partial charge is 0.330 e. The Hall–Kier alpha value is -2.56. The zero-order valence-electron chi connectivity index (χ0n) is 14.8. The zero-order chi connectivity index (χ0) is 17.9. The highest BCUT2D eigenvalue weighted by Gasteiger charge is 2.26. The molecule has 0 spiro atoms. The lowest BCUT2D eigenvalue weighted by Gasteiger charge is -2.32. The molecule has 24 heavy (non-hydrogen) atoms. The van der Waals surface area contributed by atoms with Crippen LogP contribution in [0.5, 0.6) is 0 Å². The van der Waals surface area contributed by atoms with Gasteiger partial charge in [-0.15, -0.1) is 0 Å². The number of hydrogen-bond donors (Lipinski definition) is 2. The number of benzene rings is 1. The van der Waals surface area contributed by atoms with Gasteiger partial charge in [-0.3, -0.25) is 4.79 Å². The van der Waals surface area contributed by atoms with Crippen LogP contribution in [-0.4, -0.2) is 30.6 Å². The summed E-state index contributed by atoms with van der Waals surface area (Å²) in [5, 5.41) is 6.29. The van der Waals surface area contributed by atoms with E-state index < -0.39 is 5.97 Å². The first-order chi connectivity index (χ1) is 11.2. The van der Waals surface area contributed by atoms with E-state index in [9.17, 15) is 9.59 Å². The number of fused-ring (bicyclic) bond motifs is 1. The molecule has 1 aliphatic heterocycles. The summed E-state index contributed by atoms with van der Waals surface area (Å²) >= 11 is 0. The molecular formula is C19H24N2O3. The van der Waals surface area contributed by atoms with E-state index in [-0.39, 0.29) is 17.5 Å². The fourth-order valence-electron chi connectivity index (χ4n) is 2.81. The minimum Gasteiger partial charge on any atom is -0.466 e. The van der Waals surface area contributed by atoms with Gasteiger partial charge in [0.25, 0.3) is 5.91 Å². The molecule has 1 aromatic rings. The number of amides is 1. The number of ether oxygens (including phenoxy) is 1. The van der Waals surface area contributed by atoms with Gasteiger partial charge in [0.05, 0.1) is 23.9 Å². The number of carbonyl (C=O) groups excluding carboxylic acids is 2. The Bertz CT molecular complexity index is 717. The van der Waals surface area contributed by atoms with E-state index in [2.05, 4.69) is 35.3 Å². The van der Waals surface area contributed by atoms with E-state index in [4.69, 9.17) is 0 Å². The van der Waals surface area contributed by atoms with Crippen LogP contribution in [0.3, 0.4) is 0 Å². The van der Waals surface area contributed by atoms with Gasteiger partial charge in [0.1, 0.15) is 0 Å². The number of nitrogens with one attached hydrogen (secondary N) is 2. The van der Waals surface area contributed by atoms with Crippen LogP contribution in [0, 0.1) is 0 Å². The monoisotopic (exact) mass is 328 g/mol. The summed E-state index contributed by atoms with van der Waals surface area (Å²) in [4.78, 5) is 23.8. The van der Waals surface area contributed by atoms with Gasteiger partial charge in [-0.05, 0) is 39.3 Å². The molecule has 0 radical (unpaired) electrons. The van der Waals surface area contributed by atoms with E-state index in [1.54, 1.807) is 19.1 Å². The maximum Gasteiger partial charge on any atom is 0.330 e. The van der Waals surface area contributed by atoms with Crippen molar-refractivity contribution in [2.75, 3.05) is 12.4 Å². The average Bonchev–Trinajstić information content (AvgIpc) is 2.50. The second kappa shape index (κ2) is 6.91. The molecule has 1 heterocycles. The van der Waals surface area contributed by atoms with Crippen LogP contribution in [0.15, 0.2) is 36.4 Å². The Morgan fingerprint density at radius 2 is 2.04 bits per heavy atom. The number of carbonyl (C=O) groups is 2. The molecule has 0 aliphatic carbocycles. The zero-order valence-corrected chi connectivity index (χ0v) is 14.8. The number of hydrogen-bond acceptors (Lipinski definition) is 4. The van der Waals surface area contributed by atoms with Crippen molar-refractivity contribution < 1.29 is 14.3 Å². The summed E-state index contributed by atoms with van der Waals surface area (Å²) in [6.45, 7) is 7.98. The van der Waals surface area contributed by atoms with Crippen molar-refractivity contribution in [2.45, 2.75) is 39.3 Å². The van der Waals surface area contributed by atoms with Gasteiger partial charge in [0.15, 0.2) is 0 Å².